The third kappa shape index (κ3) is 3.83. The summed E-state index contributed by atoms with van der Waals surface area (Å²) in [6, 6.07) is 2.12. The molecule has 0 amide bonds. The highest BCUT2D eigenvalue weighted by molar-refractivity contribution is 9.12. The van der Waals surface area contributed by atoms with Gasteiger partial charge in [-0.25, -0.2) is 10.9 Å². The highest BCUT2D eigenvalue weighted by Gasteiger charge is 2.30. The van der Waals surface area contributed by atoms with Crippen molar-refractivity contribution in [3.05, 3.63) is 36.2 Å². The second kappa shape index (κ2) is 7.96. The molecule has 1 atom stereocenters. The van der Waals surface area contributed by atoms with Crippen LogP contribution in [0.4, 0.5) is 0 Å². The molecule has 24 heavy (non-hydrogen) atoms. The van der Waals surface area contributed by atoms with E-state index in [1.807, 2.05) is 6.92 Å². The van der Waals surface area contributed by atoms with Crippen molar-refractivity contribution < 1.29 is 5.21 Å². The first-order valence-electron chi connectivity index (χ1n) is 6.79. The first kappa shape index (κ1) is 19.4. The van der Waals surface area contributed by atoms with Crippen molar-refractivity contribution in [2.24, 2.45) is 5.10 Å². The average Bonchev–Trinajstić information content (AvgIpc) is 3.06. The van der Waals surface area contributed by atoms with Crippen molar-refractivity contribution in [3.8, 4) is 0 Å². The van der Waals surface area contributed by atoms with Gasteiger partial charge in [0.25, 0.3) is 0 Å². The fraction of sp³-hybridized carbons (Fsp3) is 0.308. The lowest BCUT2D eigenvalue weighted by Gasteiger charge is -2.23. The lowest BCUT2D eigenvalue weighted by molar-refractivity contribution is 0.228. The molecule has 0 aliphatic heterocycles. The van der Waals surface area contributed by atoms with E-state index < -0.39 is 0 Å². The van der Waals surface area contributed by atoms with Gasteiger partial charge in [-0.1, -0.05) is 0 Å². The van der Waals surface area contributed by atoms with Gasteiger partial charge in [-0.2, -0.15) is 10.2 Å². The summed E-state index contributed by atoms with van der Waals surface area (Å²) in [4.78, 5) is 0. The number of rotatable bonds is 2. The highest BCUT2D eigenvalue weighted by atomic mass is 79.9. The molecule has 11 heteroatoms. The normalized spacial score (nSPS) is 18.0. The minimum absolute atomic E-state index is 0. The van der Waals surface area contributed by atoms with Gasteiger partial charge in [0.05, 0.1) is 19.0 Å². The van der Waals surface area contributed by atoms with Gasteiger partial charge in [0.1, 0.15) is 0 Å². The summed E-state index contributed by atoms with van der Waals surface area (Å²) < 4.78 is 2.18. The third-order valence-corrected chi connectivity index (χ3v) is 6.12. The summed E-state index contributed by atoms with van der Waals surface area (Å²) in [5.74, 6) is -0.0159. The number of aromatic amines is 1. The predicted molar refractivity (Wildman–Crippen MR) is 104 cm³/mol. The zero-order chi connectivity index (χ0) is 16.6. The number of nitrogens with zero attached hydrogens (tertiary/aromatic N) is 2. The van der Waals surface area contributed by atoms with E-state index in [1.54, 1.807) is 16.8 Å². The van der Waals surface area contributed by atoms with Crippen LogP contribution in [0.3, 0.4) is 0 Å². The lowest BCUT2D eigenvalue weighted by atomic mass is 9.82. The van der Waals surface area contributed by atoms with Crippen LogP contribution < -0.4 is 10.9 Å². The van der Waals surface area contributed by atoms with Gasteiger partial charge in [0.15, 0.2) is 0 Å². The number of H-pyrrole nitrogens is 1. The van der Waals surface area contributed by atoms with E-state index in [9.17, 15) is 0 Å². The Balaban J connectivity index is 0.00000208. The Bertz CT molecular complexity index is 790. The quantitative estimate of drug-likeness (QED) is 0.247. The number of hydrogen-bond donors (Lipinski definition) is 5. The van der Waals surface area contributed by atoms with Crippen LogP contribution in [0.25, 0.3) is 0 Å². The van der Waals surface area contributed by atoms with Gasteiger partial charge in [-0.05, 0) is 69.2 Å². The second-order valence-electron chi connectivity index (χ2n) is 5.20. The molecule has 3 rings (SSSR count). The topological polar surface area (TPSA) is 109 Å². The Morgan fingerprint density at radius 1 is 1.50 bits per heavy atom. The van der Waals surface area contributed by atoms with Crippen molar-refractivity contribution >= 4 is 67.3 Å². The minimum Gasteiger partial charge on any atom is -0.288 e. The number of aromatic nitrogens is 2. The fourth-order valence-electron chi connectivity index (χ4n) is 2.77. The van der Waals surface area contributed by atoms with E-state index in [2.05, 4.69) is 58.7 Å². The maximum Gasteiger partial charge on any atom is 0.233 e. The number of nitrogens with one attached hydrogen (secondary N) is 4. The van der Waals surface area contributed by atoms with Gasteiger partial charge >= 0.3 is 0 Å². The summed E-state index contributed by atoms with van der Waals surface area (Å²) in [6.45, 7) is 1.93. The summed E-state index contributed by atoms with van der Waals surface area (Å²) in [7, 11) is 0. The van der Waals surface area contributed by atoms with E-state index in [0.717, 1.165) is 43.1 Å². The number of aryl methyl sites for hydroxylation is 1. The van der Waals surface area contributed by atoms with E-state index in [4.69, 9.17) is 10.6 Å². The molecule has 2 heterocycles. The smallest absolute Gasteiger partial charge is 0.233 e. The van der Waals surface area contributed by atoms with Gasteiger partial charge < -0.3 is 0 Å². The number of hydrogen-bond acceptors (Lipinski definition) is 5. The van der Waals surface area contributed by atoms with Gasteiger partial charge in [-0.3, -0.25) is 15.7 Å². The van der Waals surface area contributed by atoms with Crippen LogP contribution in [0.2, 0.25) is 0 Å². The summed E-state index contributed by atoms with van der Waals surface area (Å²) >= 11 is 8.79. The molecule has 1 aliphatic rings. The van der Waals surface area contributed by atoms with Gasteiger partial charge in [0, 0.05) is 11.3 Å². The van der Waals surface area contributed by atoms with E-state index in [0.29, 0.717) is 0 Å². The Hall–Kier alpha value is -0.940. The number of fused-ring (bicyclic) bond motifs is 1. The predicted octanol–water partition coefficient (Wildman–Crippen LogP) is 3.66. The number of halogens is 3. The minimum atomic E-state index is -0.276. The largest absolute Gasteiger partial charge is 0.288 e. The molecule has 0 bridgehead atoms. The molecule has 5 N–H and O–H groups in total. The molecule has 7 nitrogen and oxygen atoms in total. The molecule has 0 saturated carbocycles. The van der Waals surface area contributed by atoms with Crippen LogP contribution in [0, 0.1) is 12.3 Å². The summed E-state index contributed by atoms with van der Waals surface area (Å²) in [5, 5.41) is 27.7. The number of guanidine groups is 1. The van der Waals surface area contributed by atoms with E-state index >= 15 is 0 Å². The molecule has 0 saturated heterocycles. The maximum absolute atomic E-state index is 8.71. The molecule has 2 aromatic heterocycles. The van der Waals surface area contributed by atoms with Gasteiger partial charge in [0.2, 0.25) is 5.96 Å². The van der Waals surface area contributed by atoms with Crippen molar-refractivity contribution in [2.45, 2.75) is 25.7 Å². The SMILES string of the molecule is Cc1n[nH]c2c1C(=NNC(=N)NO)CC(c1cc(Br)sc1Br)C2.Cl. The van der Waals surface area contributed by atoms with Crippen molar-refractivity contribution in [3.63, 3.8) is 0 Å². The van der Waals surface area contributed by atoms with Crippen LogP contribution in [-0.2, 0) is 6.42 Å². The molecular weight excluding hydrogens is 484 g/mol. The molecule has 2 aromatic rings. The zero-order valence-corrected chi connectivity index (χ0v) is 17.3. The summed E-state index contributed by atoms with van der Waals surface area (Å²) in [5.41, 5.74) is 9.18. The molecule has 0 fully saturated rings. The van der Waals surface area contributed by atoms with Crippen molar-refractivity contribution in [1.82, 2.24) is 21.1 Å². The Morgan fingerprint density at radius 3 is 2.88 bits per heavy atom. The Kier molecular flexibility index (Phi) is 6.43. The van der Waals surface area contributed by atoms with Gasteiger partial charge in [-0.15, -0.1) is 23.7 Å². The third-order valence-electron chi connectivity index (χ3n) is 3.74. The molecule has 1 unspecified atom stereocenters. The second-order valence-corrected chi connectivity index (χ2v) is 8.95. The standard InChI is InChI=1S/C13H14Br2N6OS.ClH/c1-5-11-8(18-17-5)2-6(7-4-10(14)23-12(7)15)3-9(11)19-20-13(16)21-22;/h4,6,22H,2-3H2,1H3,(H,17,18)(H3,16,20,21);1H. The van der Waals surface area contributed by atoms with Crippen LogP contribution >= 0.6 is 55.6 Å². The highest BCUT2D eigenvalue weighted by Crippen LogP contribution is 2.41. The number of thiophene rings is 1. The first-order valence-corrected chi connectivity index (χ1v) is 9.20. The fourth-order valence-corrected chi connectivity index (χ4v) is 5.81. The van der Waals surface area contributed by atoms with Crippen molar-refractivity contribution in [2.75, 3.05) is 0 Å². The molecule has 0 aromatic carbocycles. The molecular formula is C13H15Br2ClN6OS. The van der Waals surface area contributed by atoms with Crippen LogP contribution in [0.15, 0.2) is 18.7 Å². The monoisotopic (exact) mass is 496 g/mol. The number of hydroxylamine groups is 1. The average molecular weight is 499 g/mol. The van der Waals surface area contributed by atoms with Crippen LogP contribution in [-0.4, -0.2) is 27.1 Å². The molecule has 0 radical (unpaired) electrons. The maximum atomic E-state index is 8.71. The molecule has 1 aliphatic carbocycles. The Labute approximate surface area is 165 Å². The van der Waals surface area contributed by atoms with Crippen LogP contribution in [0.5, 0.6) is 0 Å². The van der Waals surface area contributed by atoms with Crippen LogP contribution in [0.1, 0.15) is 34.9 Å². The number of hydrazone groups is 1. The van der Waals surface area contributed by atoms with E-state index in [-0.39, 0.29) is 24.3 Å². The summed E-state index contributed by atoms with van der Waals surface area (Å²) in [6.07, 6.45) is 1.58. The molecule has 130 valence electrons. The molecule has 0 spiro atoms. The van der Waals surface area contributed by atoms with E-state index in [1.165, 1.54) is 5.56 Å². The first-order chi connectivity index (χ1) is 11.0. The lowest BCUT2D eigenvalue weighted by Crippen LogP contribution is -2.32. The van der Waals surface area contributed by atoms with Crippen molar-refractivity contribution in [1.29, 1.82) is 5.41 Å². The zero-order valence-electron chi connectivity index (χ0n) is 12.5. The Morgan fingerprint density at radius 2 is 2.25 bits per heavy atom.